The van der Waals surface area contributed by atoms with Gasteiger partial charge in [-0.1, -0.05) is 25.1 Å². The van der Waals surface area contributed by atoms with Crippen molar-refractivity contribution in [2.45, 2.75) is 37.3 Å². The Morgan fingerprint density at radius 2 is 1.77 bits per heavy atom. The first-order valence-corrected chi connectivity index (χ1v) is 12.1. The zero-order chi connectivity index (χ0) is 21.3. The van der Waals surface area contributed by atoms with Gasteiger partial charge in [0.25, 0.3) is 5.91 Å². The molecular weight excluding hydrogens is 398 g/mol. The number of carbonyl (C=O) groups excluding carboxylic acids is 1. The van der Waals surface area contributed by atoms with E-state index in [1.165, 1.54) is 13.0 Å². The fourth-order valence-corrected chi connectivity index (χ4v) is 4.97. The van der Waals surface area contributed by atoms with E-state index in [0.717, 1.165) is 49.6 Å². The van der Waals surface area contributed by atoms with Crippen LogP contribution in [0.2, 0.25) is 0 Å². The van der Waals surface area contributed by atoms with Gasteiger partial charge in [0, 0.05) is 37.6 Å². The zero-order valence-electron chi connectivity index (χ0n) is 18.1. The van der Waals surface area contributed by atoms with Gasteiger partial charge in [-0.2, -0.15) is 0 Å². The van der Waals surface area contributed by atoms with E-state index >= 15 is 0 Å². The van der Waals surface area contributed by atoms with Gasteiger partial charge in [-0.3, -0.25) is 9.00 Å². The Morgan fingerprint density at radius 3 is 2.47 bits per heavy atom. The lowest BCUT2D eigenvalue weighted by atomic mass is 10.2. The molecule has 1 N–H and O–H groups in total. The summed E-state index contributed by atoms with van der Waals surface area (Å²) < 4.78 is 18.2. The maximum atomic E-state index is 12.6. The molecule has 2 heterocycles. The molecule has 0 radical (unpaired) electrons. The molecular formula is C23H33N3O3S. The lowest BCUT2D eigenvalue weighted by Gasteiger charge is -2.34. The molecule has 1 aliphatic heterocycles. The second kappa shape index (κ2) is 11.4. The highest BCUT2D eigenvalue weighted by Crippen LogP contribution is 2.18. The number of hydrogen-bond donors (Lipinski definition) is 1. The third-order valence-electron chi connectivity index (χ3n) is 5.44. The van der Waals surface area contributed by atoms with Gasteiger partial charge in [-0.15, -0.1) is 0 Å². The van der Waals surface area contributed by atoms with Gasteiger partial charge in [-0.05, 0) is 56.6 Å². The summed E-state index contributed by atoms with van der Waals surface area (Å²) in [4.78, 5) is 18.1. The number of nitrogens with one attached hydrogen (secondary N) is 1. The third kappa shape index (κ3) is 6.52. The van der Waals surface area contributed by atoms with Crippen LogP contribution in [0.15, 0.2) is 45.7 Å². The Balaban J connectivity index is 1.38. The number of benzene rings is 1. The average Bonchev–Trinajstić information content (AvgIpc) is 3.21. The fourth-order valence-electron chi connectivity index (χ4n) is 3.74. The van der Waals surface area contributed by atoms with E-state index in [-0.39, 0.29) is 17.4 Å². The molecule has 0 unspecified atom stereocenters. The summed E-state index contributed by atoms with van der Waals surface area (Å²) in [6.07, 6.45) is 2.13. The van der Waals surface area contributed by atoms with Gasteiger partial charge in [0.1, 0.15) is 5.76 Å². The van der Waals surface area contributed by atoms with Crippen molar-refractivity contribution in [3.05, 3.63) is 53.5 Å². The van der Waals surface area contributed by atoms with Crippen molar-refractivity contribution in [1.29, 1.82) is 0 Å². The van der Waals surface area contributed by atoms with Crippen molar-refractivity contribution in [2.24, 2.45) is 0 Å². The monoisotopic (exact) mass is 431 g/mol. The Morgan fingerprint density at radius 1 is 1.07 bits per heavy atom. The molecule has 1 fully saturated rings. The van der Waals surface area contributed by atoms with Crippen LogP contribution in [-0.4, -0.2) is 65.7 Å². The Labute approximate surface area is 182 Å². The minimum absolute atomic E-state index is 0.212. The lowest BCUT2D eigenvalue weighted by molar-refractivity contribution is 0.0919. The number of piperazine rings is 1. The molecule has 1 aromatic heterocycles. The van der Waals surface area contributed by atoms with Gasteiger partial charge in [0.2, 0.25) is 0 Å². The number of furan rings is 1. The number of amides is 1. The quantitative estimate of drug-likeness (QED) is 0.586. The molecule has 7 heteroatoms. The molecule has 1 amide bonds. The van der Waals surface area contributed by atoms with Gasteiger partial charge in [0.15, 0.2) is 5.76 Å². The summed E-state index contributed by atoms with van der Waals surface area (Å²) in [5.41, 5.74) is 0.993. The predicted octanol–water partition coefficient (Wildman–Crippen LogP) is 3.04. The number of rotatable bonds is 10. The molecule has 0 saturated carbocycles. The molecule has 1 saturated heterocycles. The van der Waals surface area contributed by atoms with Crippen molar-refractivity contribution < 1.29 is 13.4 Å². The van der Waals surface area contributed by atoms with Crippen molar-refractivity contribution in [2.75, 3.05) is 45.8 Å². The van der Waals surface area contributed by atoms with E-state index in [0.29, 0.717) is 12.3 Å². The van der Waals surface area contributed by atoms with Crippen LogP contribution in [0.3, 0.4) is 0 Å². The first-order chi connectivity index (χ1) is 14.6. The fraction of sp³-hybridized carbons (Fsp3) is 0.522. The van der Waals surface area contributed by atoms with Gasteiger partial charge in [-0.25, -0.2) is 0 Å². The summed E-state index contributed by atoms with van der Waals surface area (Å²) in [5, 5.41) is 2.93. The molecule has 164 valence electrons. The van der Waals surface area contributed by atoms with Crippen LogP contribution in [-0.2, 0) is 16.6 Å². The second-order valence-corrected chi connectivity index (χ2v) is 9.23. The number of carbonyl (C=O) groups is 1. The maximum absolute atomic E-state index is 12.6. The van der Waals surface area contributed by atoms with Crippen molar-refractivity contribution >= 4 is 16.7 Å². The SMILES string of the molecule is CCCN1CCN(CCCNC(=O)c2ccc(C[S@](=O)c3ccccc3C)o2)CC1. The van der Waals surface area contributed by atoms with Crippen LogP contribution >= 0.6 is 0 Å². The molecule has 6 nitrogen and oxygen atoms in total. The number of hydrogen-bond acceptors (Lipinski definition) is 5. The summed E-state index contributed by atoms with van der Waals surface area (Å²) in [6, 6.07) is 11.0. The standard InChI is InChI=1S/C23H33N3O3S/c1-3-12-25-14-16-26(17-15-25)13-6-11-24-23(27)21-10-9-20(29-21)18-30(28)22-8-5-4-7-19(22)2/h4-5,7-10H,3,6,11-18H2,1-2H3,(H,24,27)/t30-/m0/s1. The molecule has 1 aromatic carbocycles. The van der Waals surface area contributed by atoms with Crippen LogP contribution in [0.5, 0.6) is 0 Å². The van der Waals surface area contributed by atoms with Gasteiger partial charge >= 0.3 is 0 Å². The topological polar surface area (TPSA) is 65.8 Å². The highest BCUT2D eigenvalue weighted by molar-refractivity contribution is 7.84. The Kier molecular flexibility index (Phi) is 8.66. The summed E-state index contributed by atoms with van der Waals surface area (Å²) in [7, 11) is -1.19. The van der Waals surface area contributed by atoms with Crippen LogP contribution in [0, 0.1) is 6.92 Å². The van der Waals surface area contributed by atoms with Crippen LogP contribution in [0.1, 0.15) is 41.6 Å². The van der Waals surface area contributed by atoms with E-state index in [1.807, 2.05) is 31.2 Å². The molecule has 30 heavy (non-hydrogen) atoms. The largest absolute Gasteiger partial charge is 0.455 e. The number of aryl methyl sites for hydroxylation is 1. The third-order valence-corrected chi connectivity index (χ3v) is 6.93. The van der Waals surface area contributed by atoms with Crippen molar-refractivity contribution in [3.8, 4) is 0 Å². The summed E-state index contributed by atoms with van der Waals surface area (Å²) >= 11 is 0. The summed E-state index contributed by atoms with van der Waals surface area (Å²) in [5.74, 6) is 0.893. The van der Waals surface area contributed by atoms with Crippen LogP contribution < -0.4 is 5.32 Å². The van der Waals surface area contributed by atoms with E-state index in [1.54, 1.807) is 12.1 Å². The average molecular weight is 432 g/mol. The highest BCUT2D eigenvalue weighted by Gasteiger charge is 2.17. The zero-order valence-corrected chi connectivity index (χ0v) is 18.9. The van der Waals surface area contributed by atoms with E-state index in [4.69, 9.17) is 4.42 Å². The molecule has 0 spiro atoms. The van der Waals surface area contributed by atoms with Crippen LogP contribution in [0.4, 0.5) is 0 Å². The second-order valence-electron chi connectivity index (χ2n) is 7.81. The molecule has 1 atom stereocenters. The van der Waals surface area contributed by atoms with Gasteiger partial charge < -0.3 is 19.5 Å². The molecule has 1 aliphatic rings. The van der Waals surface area contributed by atoms with Crippen molar-refractivity contribution in [1.82, 2.24) is 15.1 Å². The molecule has 3 rings (SSSR count). The lowest BCUT2D eigenvalue weighted by Crippen LogP contribution is -2.47. The first-order valence-electron chi connectivity index (χ1n) is 10.8. The Bertz CT molecular complexity index is 844. The van der Waals surface area contributed by atoms with E-state index in [2.05, 4.69) is 22.0 Å². The minimum atomic E-state index is -1.19. The smallest absolute Gasteiger partial charge is 0.286 e. The Hall–Kier alpha value is -1.96. The first kappa shape index (κ1) is 22.7. The predicted molar refractivity (Wildman–Crippen MR) is 120 cm³/mol. The normalized spacial score (nSPS) is 16.5. The highest BCUT2D eigenvalue weighted by atomic mass is 32.2. The number of nitrogens with zero attached hydrogens (tertiary/aromatic N) is 2. The summed E-state index contributed by atoms with van der Waals surface area (Å²) in [6.45, 7) is 11.5. The van der Waals surface area contributed by atoms with Gasteiger partial charge in [0.05, 0.1) is 16.6 Å². The van der Waals surface area contributed by atoms with E-state index < -0.39 is 10.8 Å². The maximum Gasteiger partial charge on any atom is 0.286 e. The molecule has 0 bridgehead atoms. The molecule has 2 aromatic rings. The minimum Gasteiger partial charge on any atom is -0.455 e. The molecule has 0 aliphatic carbocycles. The van der Waals surface area contributed by atoms with Crippen LogP contribution in [0.25, 0.3) is 0 Å². The van der Waals surface area contributed by atoms with E-state index in [9.17, 15) is 9.00 Å². The van der Waals surface area contributed by atoms with Crippen molar-refractivity contribution in [3.63, 3.8) is 0 Å².